The van der Waals surface area contributed by atoms with E-state index in [1.54, 1.807) is 18.2 Å². The van der Waals surface area contributed by atoms with Crippen molar-refractivity contribution < 1.29 is 14.3 Å². The number of carbonyl (C=O) groups is 2. The van der Waals surface area contributed by atoms with Crippen LogP contribution in [0.15, 0.2) is 30.4 Å². The van der Waals surface area contributed by atoms with E-state index in [4.69, 9.17) is 4.74 Å². The molecule has 0 spiro atoms. The molecule has 0 saturated heterocycles. The minimum atomic E-state index is -0.377. The van der Waals surface area contributed by atoms with Gasteiger partial charge in [-0.05, 0) is 68.2 Å². The van der Waals surface area contributed by atoms with Gasteiger partial charge in [0.2, 0.25) is 5.91 Å². The number of methoxy groups -OCH3 is 1. The lowest BCUT2D eigenvalue weighted by Gasteiger charge is -2.40. The fraction of sp³-hybridized carbons (Fsp3) is 0.524. The first kappa shape index (κ1) is 19.2. The number of ether oxygens (including phenoxy) is 1. The van der Waals surface area contributed by atoms with Crippen LogP contribution < -0.4 is 5.32 Å². The highest BCUT2D eigenvalue weighted by atomic mass is 16.5. The Morgan fingerprint density at radius 1 is 1.28 bits per heavy atom. The molecule has 0 aliphatic heterocycles. The Bertz CT molecular complexity index is 690. The van der Waals surface area contributed by atoms with Crippen molar-refractivity contribution >= 4 is 17.6 Å². The summed E-state index contributed by atoms with van der Waals surface area (Å²) in [6, 6.07) is 5.18. The second-order valence-electron chi connectivity index (χ2n) is 7.98. The van der Waals surface area contributed by atoms with Crippen molar-refractivity contribution in [1.82, 2.24) is 0 Å². The van der Waals surface area contributed by atoms with E-state index in [-0.39, 0.29) is 29.1 Å². The van der Waals surface area contributed by atoms with Gasteiger partial charge in [-0.15, -0.1) is 0 Å². The minimum absolute atomic E-state index is 0.0368. The van der Waals surface area contributed by atoms with Crippen LogP contribution in [0.5, 0.6) is 0 Å². The molecule has 1 fully saturated rings. The topological polar surface area (TPSA) is 55.4 Å². The van der Waals surface area contributed by atoms with Crippen molar-refractivity contribution in [2.45, 2.75) is 47.0 Å². The van der Waals surface area contributed by atoms with E-state index in [1.807, 2.05) is 13.8 Å². The van der Waals surface area contributed by atoms with Crippen molar-refractivity contribution in [3.63, 3.8) is 0 Å². The highest BCUT2D eigenvalue weighted by Crippen LogP contribution is 2.44. The first-order valence-corrected chi connectivity index (χ1v) is 8.80. The van der Waals surface area contributed by atoms with E-state index >= 15 is 0 Å². The van der Waals surface area contributed by atoms with E-state index < -0.39 is 0 Å². The van der Waals surface area contributed by atoms with Gasteiger partial charge in [-0.2, -0.15) is 0 Å². The molecule has 4 heteroatoms. The molecule has 1 saturated carbocycles. The number of nitrogens with one attached hydrogen (secondary N) is 1. The van der Waals surface area contributed by atoms with Crippen molar-refractivity contribution in [2.24, 2.45) is 17.3 Å². The number of allylic oxidation sites excluding steroid dienone is 1. The molecule has 25 heavy (non-hydrogen) atoms. The van der Waals surface area contributed by atoms with E-state index in [0.29, 0.717) is 5.56 Å². The van der Waals surface area contributed by atoms with Crippen LogP contribution in [0, 0.1) is 24.2 Å². The quantitative estimate of drug-likeness (QED) is 0.634. The number of rotatable bonds is 4. The molecule has 0 radical (unpaired) electrons. The summed E-state index contributed by atoms with van der Waals surface area (Å²) < 4.78 is 4.73. The summed E-state index contributed by atoms with van der Waals surface area (Å²) in [4.78, 5) is 24.6. The predicted molar refractivity (Wildman–Crippen MR) is 101 cm³/mol. The second-order valence-corrected chi connectivity index (χ2v) is 7.98. The summed E-state index contributed by atoms with van der Waals surface area (Å²) in [6.07, 6.45) is 2.97. The van der Waals surface area contributed by atoms with Crippen LogP contribution >= 0.6 is 0 Å². The van der Waals surface area contributed by atoms with E-state index in [1.165, 1.54) is 7.11 Å². The van der Waals surface area contributed by atoms with Gasteiger partial charge < -0.3 is 10.1 Å². The molecule has 2 atom stereocenters. The first-order chi connectivity index (χ1) is 11.6. The molecule has 1 amide bonds. The van der Waals surface area contributed by atoms with Gasteiger partial charge in [0.25, 0.3) is 0 Å². The van der Waals surface area contributed by atoms with Crippen molar-refractivity contribution in [3.8, 4) is 0 Å². The maximum Gasteiger partial charge on any atom is 0.337 e. The summed E-state index contributed by atoms with van der Waals surface area (Å²) in [6.45, 7) is 12.4. The van der Waals surface area contributed by atoms with E-state index in [0.717, 1.165) is 36.1 Å². The highest BCUT2D eigenvalue weighted by molar-refractivity contribution is 5.95. The van der Waals surface area contributed by atoms with Crippen molar-refractivity contribution in [3.05, 3.63) is 41.5 Å². The Morgan fingerprint density at radius 3 is 2.52 bits per heavy atom. The predicted octanol–water partition coefficient (Wildman–Crippen LogP) is 4.74. The molecule has 1 aromatic carbocycles. The molecule has 0 aromatic heterocycles. The number of hydrogen-bond acceptors (Lipinski definition) is 3. The monoisotopic (exact) mass is 343 g/mol. The number of carbonyl (C=O) groups excluding carboxylic acids is 2. The molecule has 2 unspecified atom stereocenters. The average molecular weight is 343 g/mol. The van der Waals surface area contributed by atoms with Crippen LogP contribution in [0.1, 0.15) is 56.0 Å². The van der Waals surface area contributed by atoms with E-state index in [9.17, 15) is 9.59 Å². The van der Waals surface area contributed by atoms with Gasteiger partial charge in [0, 0.05) is 11.6 Å². The largest absolute Gasteiger partial charge is 0.465 e. The van der Waals surface area contributed by atoms with Gasteiger partial charge >= 0.3 is 5.97 Å². The van der Waals surface area contributed by atoms with Gasteiger partial charge in [-0.3, -0.25) is 4.79 Å². The van der Waals surface area contributed by atoms with Crippen molar-refractivity contribution in [2.75, 3.05) is 12.4 Å². The average Bonchev–Trinajstić information content (AvgIpc) is 2.54. The lowest BCUT2D eigenvalue weighted by molar-refractivity contribution is -0.123. The Balaban J connectivity index is 2.19. The normalized spacial score (nSPS) is 22.1. The Morgan fingerprint density at radius 2 is 1.96 bits per heavy atom. The number of aryl methyl sites for hydroxylation is 1. The fourth-order valence-corrected chi connectivity index (χ4v) is 3.73. The Kier molecular flexibility index (Phi) is 5.71. The molecule has 4 nitrogen and oxygen atoms in total. The Hall–Kier alpha value is -2.10. The molecule has 1 aromatic rings. The zero-order valence-corrected chi connectivity index (χ0v) is 15.9. The van der Waals surface area contributed by atoms with E-state index in [2.05, 4.69) is 25.7 Å². The van der Waals surface area contributed by atoms with Crippen LogP contribution in [0.2, 0.25) is 0 Å². The standard InChI is InChI=1S/C21H29NO3/c1-13(2)16-9-10-21(4,5)12-17(16)19(23)22-18-8-7-15(11-14(18)3)20(24)25-6/h7-8,11,16-17H,1,9-10,12H2,2-6H3,(H,22,23). The minimum Gasteiger partial charge on any atom is -0.465 e. The summed E-state index contributed by atoms with van der Waals surface area (Å²) in [5.41, 5.74) is 3.31. The fourth-order valence-electron chi connectivity index (χ4n) is 3.73. The smallest absolute Gasteiger partial charge is 0.337 e. The maximum absolute atomic E-state index is 13.0. The van der Waals surface area contributed by atoms with Gasteiger partial charge in [0.1, 0.15) is 0 Å². The number of amides is 1. The molecular formula is C21H29NO3. The summed E-state index contributed by atoms with van der Waals surface area (Å²) in [7, 11) is 1.36. The van der Waals surface area contributed by atoms with Gasteiger partial charge in [-0.25, -0.2) is 4.79 Å². The van der Waals surface area contributed by atoms with Gasteiger partial charge in [0.05, 0.1) is 12.7 Å². The summed E-state index contributed by atoms with van der Waals surface area (Å²) in [5.74, 6) is -0.185. The molecule has 0 bridgehead atoms. The van der Waals surface area contributed by atoms with Gasteiger partial charge in [0.15, 0.2) is 0 Å². The lowest BCUT2D eigenvalue weighted by atomic mass is 9.65. The number of anilines is 1. The number of esters is 1. The SMILES string of the molecule is C=C(C)C1CCC(C)(C)CC1C(=O)Nc1ccc(C(=O)OC)cc1C. The molecular weight excluding hydrogens is 314 g/mol. The number of hydrogen-bond donors (Lipinski definition) is 1. The number of benzene rings is 1. The summed E-state index contributed by atoms with van der Waals surface area (Å²) >= 11 is 0. The van der Waals surface area contributed by atoms with Crippen LogP contribution in [-0.2, 0) is 9.53 Å². The zero-order chi connectivity index (χ0) is 18.8. The molecule has 0 heterocycles. The van der Waals surface area contributed by atoms with Gasteiger partial charge in [-0.1, -0.05) is 26.0 Å². The highest BCUT2D eigenvalue weighted by Gasteiger charge is 2.39. The van der Waals surface area contributed by atoms with Crippen LogP contribution in [0.25, 0.3) is 0 Å². The molecule has 2 rings (SSSR count). The molecule has 1 aliphatic carbocycles. The molecule has 136 valence electrons. The van der Waals surface area contributed by atoms with Crippen LogP contribution in [0.4, 0.5) is 5.69 Å². The maximum atomic E-state index is 13.0. The summed E-state index contributed by atoms with van der Waals surface area (Å²) in [5, 5.41) is 3.05. The van der Waals surface area contributed by atoms with Crippen LogP contribution in [0.3, 0.4) is 0 Å². The molecule has 1 aliphatic rings. The lowest BCUT2D eigenvalue weighted by Crippen LogP contribution is -2.38. The third-order valence-electron chi connectivity index (χ3n) is 5.27. The Labute approximate surface area is 150 Å². The van der Waals surface area contributed by atoms with Crippen LogP contribution in [-0.4, -0.2) is 19.0 Å². The third kappa shape index (κ3) is 4.50. The third-order valence-corrected chi connectivity index (χ3v) is 5.27. The first-order valence-electron chi connectivity index (χ1n) is 8.80. The van der Waals surface area contributed by atoms with Crippen molar-refractivity contribution in [1.29, 1.82) is 0 Å². The zero-order valence-electron chi connectivity index (χ0n) is 15.9. The molecule has 1 N–H and O–H groups in total. The second kappa shape index (κ2) is 7.42.